The van der Waals surface area contributed by atoms with Gasteiger partial charge in [-0.25, -0.2) is 0 Å². The molecule has 3 fully saturated rings. The molecule has 2 aromatic rings. The molecule has 5 rings (SSSR count). The lowest BCUT2D eigenvalue weighted by atomic mass is 10.0. The van der Waals surface area contributed by atoms with Crippen molar-refractivity contribution in [2.75, 3.05) is 39.3 Å². The van der Waals surface area contributed by atoms with E-state index in [2.05, 4.69) is 42.5 Å². The van der Waals surface area contributed by atoms with E-state index >= 15 is 0 Å². The summed E-state index contributed by atoms with van der Waals surface area (Å²) >= 11 is 0. The largest absolute Gasteiger partial charge is 0.343 e. The van der Waals surface area contributed by atoms with E-state index < -0.39 is 119 Å². The molecule has 0 unspecified atom stereocenters. The third-order valence-corrected chi connectivity index (χ3v) is 14.5. The quantitative estimate of drug-likeness (QED) is 0.107. The Hall–Kier alpha value is -5.10. The van der Waals surface area contributed by atoms with Crippen LogP contribution in [0.4, 0.5) is 0 Å². The van der Waals surface area contributed by atoms with Crippen molar-refractivity contribution < 1.29 is 47.9 Å². The lowest BCUT2D eigenvalue weighted by molar-refractivity contribution is -0.143. The van der Waals surface area contributed by atoms with Crippen LogP contribution >= 0.6 is 67.9 Å². The van der Waals surface area contributed by atoms with Crippen LogP contribution in [0.1, 0.15) is 103 Å². The van der Waals surface area contributed by atoms with Crippen LogP contribution < -0.4 is 65.5 Å². The van der Waals surface area contributed by atoms with Gasteiger partial charge in [-0.1, -0.05) is 88.4 Å². The average Bonchev–Trinajstić information content (AvgIpc) is 4.33. The zero-order valence-electron chi connectivity index (χ0n) is 48.3. The highest BCUT2D eigenvalue weighted by atomic mass is 79.9. The molecule has 3 heterocycles. The molecule has 3 aliphatic heterocycles. The molecule has 84 heavy (non-hydrogen) atoms. The maximum absolute atomic E-state index is 14.8. The third-order valence-electron chi connectivity index (χ3n) is 14.5. The molecule has 0 aliphatic carbocycles. The van der Waals surface area contributed by atoms with Gasteiger partial charge in [-0.3, -0.25) is 47.9 Å². The number of benzene rings is 2. The summed E-state index contributed by atoms with van der Waals surface area (Å²) in [6.45, 7) is 7.36. The van der Waals surface area contributed by atoms with Gasteiger partial charge < -0.3 is 75.3 Å². The molecule has 0 aromatic heterocycles. The van der Waals surface area contributed by atoms with Crippen LogP contribution in [0.25, 0.3) is 0 Å². The van der Waals surface area contributed by atoms with Gasteiger partial charge in [0.2, 0.25) is 59.1 Å². The van der Waals surface area contributed by atoms with E-state index in [9.17, 15) is 47.9 Å². The summed E-state index contributed by atoms with van der Waals surface area (Å²) in [5.74, 6) is -7.34. The van der Waals surface area contributed by atoms with Crippen molar-refractivity contribution >= 4 is 127 Å². The third kappa shape index (κ3) is 23.0. The molecule has 2 aromatic carbocycles. The topological polar surface area (TPSA) is 377 Å². The standard InChI is InChI=1S/C56H86N14O10.4BrH/c1-33(2)29-41-51(75)61-37(19-23-57)49(73)67-43(31-35-13-7-5-8-14-35)55(79)70-28-12-18-46(70)54(78)64-40(22-26-60)48(72)66-42(30-34(3)4)52(76)62-38(20-24-58)50(74)68-44(32-36-15-9-6-10-16-36)56(80)69-27-11-17-45(69)53(77)63-39(21-25-59)47(71)65-41;;;;/h5-10,13-16,33-34,37-46H,11-12,17-32,57-60H2,1-4H3,(H,61,75)(H,62,76)(H,63,77)(H,64,78)(H,65,71)(H,66,72)(H,67,73)(H,68,74);4*1H/t37-,38-,39-,40-,41-,42-,43+,44+,45-,46-;;;;/m0..../s1. The van der Waals surface area contributed by atoms with Crippen molar-refractivity contribution in [1.82, 2.24) is 52.3 Å². The first kappa shape index (κ1) is 76.9. The van der Waals surface area contributed by atoms with Crippen LogP contribution in [0.5, 0.6) is 0 Å². The zero-order valence-corrected chi connectivity index (χ0v) is 55.2. The number of nitrogens with zero attached hydrogens (tertiary/aromatic N) is 2. The number of hydrogen-bond donors (Lipinski definition) is 12. The highest BCUT2D eigenvalue weighted by Gasteiger charge is 2.43. The minimum atomic E-state index is -1.30. The second-order valence-corrected chi connectivity index (χ2v) is 21.8. The first-order chi connectivity index (χ1) is 38.3. The minimum absolute atomic E-state index is 0. The first-order valence-electron chi connectivity index (χ1n) is 28.2. The summed E-state index contributed by atoms with van der Waals surface area (Å²) in [6.07, 6.45) is 1.17. The van der Waals surface area contributed by atoms with Crippen molar-refractivity contribution in [1.29, 1.82) is 0 Å². The van der Waals surface area contributed by atoms with Gasteiger partial charge in [0.25, 0.3) is 0 Å². The molecule has 16 N–H and O–H groups in total. The molecule has 472 valence electrons. The van der Waals surface area contributed by atoms with E-state index in [1.807, 2.05) is 27.7 Å². The van der Waals surface area contributed by atoms with Crippen LogP contribution in [0.15, 0.2) is 60.7 Å². The number of nitrogens with one attached hydrogen (secondary N) is 8. The Balaban J connectivity index is 0.00000882. The highest BCUT2D eigenvalue weighted by Crippen LogP contribution is 2.23. The molecule has 10 atom stereocenters. The Morgan fingerprint density at radius 1 is 0.381 bits per heavy atom. The second kappa shape index (κ2) is 38.8. The molecule has 24 nitrogen and oxygen atoms in total. The van der Waals surface area contributed by atoms with Gasteiger partial charge in [0.1, 0.15) is 60.4 Å². The molecular formula is C56H90Br4N14O10. The summed E-state index contributed by atoms with van der Waals surface area (Å²) in [7, 11) is 0. The Labute approximate surface area is 534 Å². The van der Waals surface area contributed by atoms with Crippen molar-refractivity contribution in [3.63, 3.8) is 0 Å². The van der Waals surface area contributed by atoms with Crippen LogP contribution in [-0.4, -0.2) is 169 Å². The van der Waals surface area contributed by atoms with Crippen LogP contribution in [-0.2, 0) is 60.8 Å². The number of hydrogen-bond acceptors (Lipinski definition) is 14. The highest BCUT2D eigenvalue weighted by molar-refractivity contribution is 8.93. The van der Waals surface area contributed by atoms with Gasteiger partial charge >= 0.3 is 0 Å². The predicted molar refractivity (Wildman–Crippen MR) is 340 cm³/mol. The zero-order chi connectivity index (χ0) is 58.5. The monoisotopic (exact) mass is 1430 g/mol. The normalized spacial score (nSPS) is 25.5. The molecule has 0 radical (unpaired) electrons. The van der Waals surface area contributed by atoms with Crippen molar-refractivity contribution in [2.24, 2.45) is 34.8 Å². The van der Waals surface area contributed by atoms with Gasteiger partial charge in [0.05, 0.1) is 0 Å². The fourth-order valence-electron chi connectivity index (χ4n) is 10.4. The van der Waals surface area contributed by atoms with E-state index in [1.165, 1.54) is 9.80 Å². The van der Waals surface area contributed by atoms with E-state index in [0.717, 1.165) is 0 Å². The number of carbonyl (C=O) groups excluding carboxylic acids is 10. The van der Waals surface area contributed by atoms with Gasteiger partial charge in [-0.15, -0.1) is 67.9 Å². The van der Waals surface area contributed by atoms with Gasteiger partial charge in [0, 0.05) is 25.9 Å². The number of halogens is 4. The van der Waals surface area contributed by atoms with Gasteiger partial charge in [0.15, 0.2) is 0 Å². The fraction of sp³-hybridized carbons (Fsp3) is 0.607. The summed E-state index contributed by atoms with van der Waals surface area (Å²) in [5, 5.41) is 22.2. The number of nitrogens with two attached hydrogens (primary N) is 4. The maximum atomic E-state index is 14.8. The van der Waals surface area contributed by atoms with Crippen molar-refractivity contribution in [3.8, 4) is 0 Å². The summed E-state index contributed by atoms with van der Waals surface area (Å²) in [6, 6.07) is 5.48. The number of carbonyl (C=O) groups is 10. The SMILES string of the molecule is Br.Br.Br.Br.CC(C)C[C@@H]1NC(=O)[C@H](CCN)NC(=O)[C@@H]2CCCN2C(=O)[C@@H](Cc2ccccc2)NC(=O)[C@H](CCN)NC(=O)[C@H](CC(C)C)NC(=O)[C@H](CCN)NC(=O)[C@@H]2CCCN2C(=O)[C@@H](Cc2ccccc2)NC(=O)[C@H](CCN)NC1=O. The van der Waals surface area contributed by atoms with Crippen LogP contribution in [0, 0.1) is 11.8 Å². The maximum Gasteiger partial charge on any atom is 0.246 e. The fourth-order valence-corrected chi connectivity index (χ4v) is 10.4. The Morgan fingerprint density at radius 2 is 0.631 bits per heavy atom. The van der Waals surface area contributed by atoms with E-state index in [0.29, 0.717) is 24.0 Å². The molecular weight excluding hydrogens is 1350 g/mol. The van der Waals surface area contributed by atoms with Crippen molar-refractivity contribution in [2.45, 2.75) is 165 Å². The smallest absolute Gasteiger partial charge is 0.246 e. The molecule has 3 aliphatic rings. The number of amides is 10. The lowest BCUT2D eigenvalue weighted by Crippen LogP contribution is -2.62. The molecule has 3 saturated heterocycles. The first-order valence-corrected chi connectivity index (χ1v) is 28.2. The Kier molecular flexibility index (Phi) is 35.6. The number of fused-ring (bicyclic) bond motifs is 2. The second-order valence-electron chi connectivity index (χ2n) is 21.8. The summed E-state index contributed by atoms with van der Waals surface area (Å²) < 4.78 is 0. The lowest BCUT2D eigenvalue weighted by Gasteiger charge is -2.32. The van der Waals surface area contributed by atoms with E-state index in [1.54, 1.807) is 60.7 Å². The minimum Gasteiger partial charge on any atom is -0.343 e. The predicted octanol–water partition coefficient (Wildman–Crippen LogP) is 0.145. The molecule has 0 bridgehead atoms. The average molecular weight is 1440 g/mol. The summed E-state index contributed by atoms with van der Waals surface area (Å²) in [4.78, 5) is 147. The van der Waals surface area contributed by atoms with E-state index in [-0.39, 0.29) is 183 Å². The Bertz CT molecular complexity index is 2290. The van der Waals surface area contributed by atoms with Gasteiger partial charge in [-0.2, -0.15) is 0 Å². The molecule has 0 saturated carbocycles. The van der Waals surface area contributed by atoms with Crippen LogP contribution in [0.2, 0.25) is 0 Å². The Morgan fingerprint density at radius 3 is 0.905 bits per heavy atom. The number of rotatable bonds is 16. The molecule has 0 spiro atoms. The molecule has 28 heteroatoms. The van der Waals surface area contributed by atoms with Gasteiger partial charge in [-0.05, 0) is 113 Å². The molecule has 10 amide bonds. The van der Waals surface area contributed by atoms with Crippen molar-refractivity contribution in [3.05, 3.63) is 71.8 Å². The summed E-state index contributed by atoms with van der Waals surface area (Å²) in [5.41, 5.74) is 25.3. The van der Waals surface area contributed by atoms with E-state index in [4.69, 9.17) is 22.9 Å². The van der Waals surface area contributed by atoms with Crippen LogP contribution in [0.3, 0.4) is 0 Å².